The Kier molecular flexibility index (Phi) is 6.20. The molecule has 1 atom stereocenters. The van der Waals surface area contributed by atoms with Crippen LogP contribution in [-0.2, 0) is 13.0 Å². The number of carbonyl (C=O) groups is 1. The van der Waals surface area contributed by atoms with Crippen LogP contribution in [0.15, 0.2) is 42.7 Å². The van der Waals surface area contributed by atoms with Crippen LogP contribution in [0.3, 0.4) is 0 Å². The maximum Gasteiger partial charge on any atom is 0.319 e. The lowest BCUT2D eigenvalue weighted by Gasteiger charge is -2.24. The summed E-state index contributed by atoms with van der Waals surface area (Å²) in [6.07, 6.45) is 5.10. The van der Waals surface area contributed by atoms with Crippen molar-refractivity contribution in [3.05, 3.63) is 58.7 Å². The number of methoxy groups -OCH3 is 2. The maximum atomic E-state index is 12.8. The van der Waals surface area contributed by atoms with Crippen molar-refractivity contribution in [2.75, 3.05) is 33.1 Å². The van der Waals surface area contributed by atoms with Gasteiger partial charge < -0.3 is 29.6 Å². The van der Waals surface area contributed by atoms with E-state index in [9.17, 15) is 4.79 Å². The molecule has 1 aromatic carbocycles. The van der Waals surface area contributed by atoms with Crippen molar-refractivity contribution in [2.24, 2.45) is 0 Å². The zero-order chi connectivity index (χ0) is 22.0. The number of urea groups is 1. The number of thiophene rings is 1. The Morgan fingerprint density at radius 3 is 2.68 bits per heavy atom. The van der Waals surface area contributed by atoms with Crippen LogP contribution < -0.4 is 20.1 Å². The SMILES string of the molecule is COc1ccc(NC(=O)N[C@H](C)c2c(-n3cccc3)sc3c2CCN(C)C3)c(OC)c1. The summed E-state index contributed by atoms with van der Waals surface area (Å²) in [5.41, 5.74) is 3.15. The first-order valence-electron chi connectivity index (χ1n) is 10.3. The van der Waals surface area contributed by atoms with Crippen LogP contribution in [0.4, 0.5) is 10.5 Å². The van der Waals surface area contributed by atoms with Crippen molar-refractivity contribution >= 4 is 23.1 Å². The summed E-state index contributed by atoms with van der Waals surface area (Å²) in [4.78, 5) is 16.5. The molecule has 0 fully saturated rings. The molecule has 3 heterocycles. The van der Waals surface area contributed by atoms with Gasteiger partial charge >= 0.3 is 6.03 Å². The molecule has 0 saturated carbocycles. The van der Waals surface area contributed by atoms with Crippen LogP contribution in [0.1, 0.15) is 29.0 Å². The van der Waals surface area contributed by atoms with Gasteiger partial charge in [0, 0.05) is 42.0 Å². The van der Waals surface area contributed by atoms with Crippen molar-refractivity contribution in [3.63, 3.8) is 0 Å². The van der Waals surface area contributed by atoms with E-state index < -0.39 is 0 Å². The number of nitrogens with zero attached hydrogens (tertiary/aromatic N) is 2. The highest BCUT2D eigenvalue weighted by Gasteiger charge is 2.27. The molecule has 0 spiro atoms. The number of benzene rings is 1. The third-order valence-electron chi connectivity index (χ3n) is 5.55. The molecular formula is C23H28N4O3S. The zero-order valence-electron chi connectivity index (χ0n) is 18.3. The number of hydrogen-bond donors (Lipinski definition) is 2. The fraction of sp³-hybridized carbons (Fsp3) is 0.348. The molecule has 0 aliphatic carbocycles. The first-order chi connectivity index (χ1) is 15.0. The molecule has 2 N–H and O–H groups in total. The lowest BCUT2D eigenvalue weighted by atomic mass is 9.98. The monoisotopic (exact) mass is 440 g/mol. The predicted octanol–water partition coefficient (Wildman–Crippen LogP) is 4.43. The third kappa shape index (κ3) is 4.40. The van der Waals surface area contributed by atoms with E-state index in [1.165, 1.54) is 21.0 Å². The normalized spacial score (nSPS) is 14.6. The molecule has 0 saturated heterocycles. The van der Waals surface area contributed by atoms with Crippen LogP contribution in [0, 0.1) is 0 Å². The fourth-order valence-corrected chi connectivity index (χ4v) is 5.47. The molecule has 0 unspecified atom stereocenters. The number of amides is 2. The van der Waals surface area contributed by atoms with Crippen molar-refractivity contribution in [1.82, 2.24) is 14.8 Å². The van der Waals surface area contributed by atoms with E-state index in [2.05, 4.69) is 39.5 Å². The minimum atomic E-state index is -0.276. The molecule has 0 bridgehead atoms. The molecule has 8 heteroatoms. The fourth-order valence-electron chi connectivity index (χ4n) is 3.98. The van der Waals surface area contributed by atoms with Crippen molar-refractivity contribution in [3.8, 4) is 16.5 Å². The van der Waals surface area contributed by atoms with Crippen LogP contribution in [0.2, 0.25) is 0 Å². The van der Waals surface area contributed by atoms with E-state index in [4.69, 9.17) is 9.47 Å². The molecule has 1 aliphatic heterocycles. The molecule has 3 aromatic rings. The van der Waals surface area contributed by atoms with Gasteiger partial charge in [0.2, 0.25) is 0 Å². The highest BCUT2D eigenvalue weighted by molar-refractivity contribution is 7.15. The van der Waals surface area contributed by atoms with Gasteiger partial charge in [0.1, 0.15) is 16.5 Å². The standard InChI is InChI=1S/C23H28N4O3S/c1-15(24-23(28)25-18-8-7-16(29-3)13-19(18)30-4)21-17-9-12-26(2)14-20(17)31-22(21)27-10-5-6-11-27/h5-8,10-11,13,15H,9,12,14H2,1-4H3,(H2,24,25,28)/t15-/m1/s1. The van der Waals surface area contributed by atoms with Gasteiger partial charge in [-0.3, -0.25) is 0 Å². The van der Waals surface area contributed by atoms with Crippen molar-refractivity contribution in [1.29, 1.82) is 0 Å². The maximum absolute atomic E-state index is 12.8. The van der Waals surface area contributed by atoms with Gasteiger partial charge in [-0.1, -0.05) is 0 Å². The van der Waals surface area contributed by atoms with E-state index in [1.807, 2.05) is 30.4 Å². The van der Waals surface area contributed by atoms with E-state index in [0.717, 1.165) is 19.5 Å². The van der Waals surface area contributed by atoms with Gasteiger partial charge in [-0.2, -0.15) is 0 Å². The van der Waals surface area contributed by atoms with Crippen LogP contribution in [0.5, 0.6) is 11.5 Å². The number of ether oxygens (including phenoxy) is 2. The summed E-state index contributed by atoms with van der Waals surface area (Å²) in [6, 6.07) is 8.93. The Balaban J connectivity index is 1.57. The van der Waals surface area contributed by atoms with E-state index in [-0.39, 0.29) is 12.1 Å². The third-order valence-corrected chi connectivity index (χ3v) is 6.79. The highest BCUT2D eigenvalue weighted by Crippen LogP contribution is 2.39. The van der Waals surface area contributed by atoms with Gasteiger partial charge in [-0.15, -0.1) is 11.3 Å². The molecular weight excluding hydrogens is 412 g/mol. The predicted molar refractivity (Wildman–Crippen MR) is 124 cm³/mol. The Hall–Kier alpha value is -2.97. The smallest absolute Gasteiger partial charge is 0.319 e. The molecule has 31 heavy (non-hydrogen) atoms. The summed E-state index contributed by atoms with van der Waals surface area (Å²) < 4.78 is 12.8. The Morgan fingerprint density at radius 2 is 1.97 bits per heavy atom. The second kappa shape index (κ2) is 9.03. The summed E-state index contributed by atoms with van der Waals surface area (Å²) in [5, 5.41) is 7.19. The van der Waals surface area contributed by atoms with E-state index >= 15 is 0 Å². The van der Waals surface area contributed by atoms with Crippen molar-refractivity contribution < 1.29 is 14.3 Å². The average Bonchev–Trinajstić information content (AvgIpc) is 3.41. The van der Waals surface area contributed by atoms with Gasteiger partial charge in [0.05, 0.1) is 25.9 Å². The quantitative estimate of drug-likeness (QED) is 0.595. The summed E-state index contributed by atoms with van der Waals surface area (Å²) in [7, 11) is 5.31. The molecule has 4 rings (SSSR count). The topological polar surface area (TPSA) is 67.8 Å². The summed E-state index contributed by atoms with van der Waals surface area (Å²) >= 11 is 1.81. The Morgan fingerprint density at radius 1 is 1.19 bits per heavy atom. The second-order valence-electron chi connectivity index (χ2n) is 7.69. The lowest BCUT2D eigenvalue weighted by Crippen LogP contribution is -2.33. The Labute approximate surface area is 186 Å². The Bertz CT molecular complexity index is 1060. The minimum absolute atomic E-state index is 0.148. The molecule has 0 radical (unpaired) electrons. The van der Waals surface area contributed by atoms with Crippen molar-refractivity contribution in [2.45, 2.75) is 25.9 Å². The number of carbonyl (C=O) groups excluding carboxylic acids is 1. The second-order valence-corrected chi connectivity index (χ2v) is 8.77. The largest absolute Gasteiger partial charge is 0.497 e. The first kappa shape index (κ1) is 21.3. The number of likely N-dealkylation sites (N-methyl/N-ethyl adjacent to an activating group) is 1. The number of hydrogen-bond acceptors (Lipinski definition) is 5. The van der Waals surface area contributed by atoms with Crippen LogP contribution in [-0.4, -0.2) is 43.3 Å². The minimum Gasteiger partial charge on any atom is -0.497 e. The van der Waals surface area contributed by atoms with E-state index in [1.54, 1.807) is 32.4 Å². The number of nitrogens with one attached hydrogen (secondary N) is 2. The first-order valence-corrected chi connectivity index (χ1v) is 11.1. The van der Waals surface area contributed by atoms with Gasteiger partial charge in [0.15, 0.2) is 0 Å². The van der Waals surface area contributed by atoms with E-state index in [0.29, 0.717) is 17.2 Å². The highest BCUT2D eigenvalue weighted by atomic mass is 32.1. The van der Waals surface area contributed by atoms with Crippen LogP contribution in [0.25, 0.3) is 5.00 Å². The number of rotatable bonds is 6. The molecule has 2 aromatic heterocycles. The number of aromatic nitrogens is 1. The average molecular weight is 441 g/mol. The lowest BCUT2D eigenvalue weighted by molar-refractivity contribution is 0.249. The summed E-state index contributed by atoms with van der Waals surface area (Å²) in [5.74, 6) is 1.22. The van der Waals surface area contributed by atoms with Gasteiger partial charge in [-0.05, 0) is 50.2 Å². The summed E-state index contributed by atoms with van der Waals surface area (Å²) in [6.45, 7) is 4.00. The number of anilines is 1. The van der Waals surface area contributed by atoms with Gasteiger partial charge in [0.25, 0.3) is 0 Å². The van der Waals surface area contributed by atoms with Gasteiger partial charge in [-0.25, -0.2) is 4.79 Å². The number of fused-ring (bicyclic) bond motifs is 1. The zero-order valence-corrected chi connectivity index (χ0v) is 19.1. The molecule has 1 aliphatic rings. The molecule has 2 amide bonds. The molecule has 164 valence electrons. The van der Waals surface area contributed by atoms with Crippen LogP contribution >= 0.6 is 11.3 Å². The molecule has 7 nitrogen and oxygen atoms in total.